The van der Waals surface area contributed by atoms with Crippen LogP contribution in [-0.2, 0) is 0 Å². The minimum atomic E-state index is 0.932. The van der Waals surface area contributed by atoms with Crippen molar-refractivity contribution in [1.29, 1.82) is 0 Å². The summed E-state index contributed by atoms with van der Waals surface area (Å²) < 4.78 is 0. The van der Waals surface area contributed by atoms with Crippen LogP contribution >= 0.6 is 11.8 Å². The molecule has 0 aliphatic carbocycles. The van der Waals surface area contributed by atoms with Crippen LogP contribution in [0.15, 0.2) is 5.10 Å². The lowest BCUT2D eigenvalue weighted by molar-refractivity contribution is 0.841. The molecule has 54 valence electrons. The van der Waals surface area contributed by atoms with E-state index in [9.17, 15) is 0 Å². The van der Waals surface area contributed by atoms with Crippen molar-refractivity contribution < 1.29 is 0 Å². The Morgan fingerprint density at radius 1 is 1.67 bits per heavy atom. The van der Waals surface area contributed by atoms with Crippen molar-refractivity contribution in [3.8, 4) is 0 Å². The van der Waals surface area contributed by atoms with Gasteiger partial charge >= 0.3 is 0 Å². The molecule has 0 radical (unpaired) electrons. The van der Waals surface area contributed by atoms with Gasteiger partial charge in [0.15, 0.2) is 0 Å². The summed E-state index contributed by atoms with van der Waals surface area (Å²) in [7, 11) is 1.78. The Morgan fingerprint density at radius 2 is 2.44 bits per heavy atom. The predicted molar refractivity (Wildman–Crippen MR) is 43.7 cm³/mol. The molecule has 0 aliphatic heterocycles. The van der Waals surface area contributed by atoms with E-state index in [1.165, 1.54) is 0 Å². The minimum Gasteiger partial charge on any atom is -0.313 e. The summed E-state index contributed by atoms with van der Waals surface area (Å²) in [6, 6.07) is 0. The Bertz CT molecular complexity index is 74.6. The molecule has 3 nitrogen and oxygen atoms in total. The molecular formula is C5H13N3S. The van der Waals surface area contributed by atoms with Gasteiger partial charge in [0.2, 0.25) is 0 Å². The zero-order valence-electron chi connectivity index (χ0n) is 5.85. The summed E-state index contributed by atoms with van der Waals surface area (Å²) in [4.78, 5) is 0. The summed E-state index contributed by atoms with van der Waals surface area (Å²) in [5.41, 5.74) is 4.45. The number of nitrogens with zero attached hydrogens (tertiary/aromatic N) is 1. The molecule has 0 rings (SSSR count). The molecule has 2 N–H and O–H groups in total. The summed E-state index contributed by atoms with van der Waals surface area (Å²) in [6.45, 7) is 3.09. The van der Waals surface area contributed by atoms with E-state index in [1.807, 2.05) is 0 Å². The summed E-state index contributed by atoms with van der Waals surface area (Å²) in [5.74, 6) is 0.932. The van der Waals surface area contributed by atoms with Gasteiger partial charge in [0, 0.05) is 12.9 Å². The standard InChI is InChI=1S/C5H13N3S/c1-3-7-4-9-5-8-6-2/h5-7H,3-4H2,1-2H3/b8-5-. The van der Waals surface area contributed by atoms with Crippen LogP contribution in [0.4, 0.5) is 0 Å². The van der Waals surface area contributed by atoms with Gasteiger partial charge in [-0.2, -0.15) is 5.10 Å². The molecule has 0 heterocycles. The molecule has 0 aromatic carbocycles. The van der Waals surface area contributed by atoms with Crippen LogP contribution in [-0.4, -0.2) is 25.0 Å². The lowest BCUT2D eigenvalue weighted by Crippen LogP contribution is -2.10. The van der Waals surface area contributed by atoms with E-state index in [2.05, 4.69) is 22.8 Å². The van der Waals surface area contributed by atoms with E-state index < -0.39 is 0 Å². The van der Waals surface area contributed by atoms with E-state index in [0.29, 0.717) is 0 Å². The topological polar surface area (TPSA) is 36.4 Å². The van der Waals surface area contributed by atoms with Crippen molar-refractivity contribution in [2.45, 2.75) is 6.92 Å². The molecule has 0 fully saturated rings. The van der Waals surface area contributed by atoms with Crippen LogP contribution in [0.1, 0.15) is 6.92 Å². The predicted octanol–water partition coefficient (Wildman–Crippen LogP) is 0.449. The molecule has 0 saturated carbocycles. The van der Waals surface area contributed by atoms with E-state index in [1.54, 1.807) is 24.4 Å². The highest BCUT2D eigenvalue weighted by molar-refractivity contribution is 8.12. The van der Waals surface area contributed by atoms with Crippen LogP contribution in [0.2, 0.25) is 0 Å². The number of hydrogen-bond donors (Lipinski definition) is 2. The first kappa shape index (κ1) is 8.78. The third-order valence-corrected chi connectivity index (χ3v) is 1.32. The highest BCUT2D eigenvalue weighted by Crippen LogP contribution is 1.87. The first-order chi connectivity index (χ1) is 4.41. The first-order valence-electron chi connectivity index (χ1n) is 2.92. The highest BCUT2D eigenvalue weighted by atomic mass is 32.2. The summed E-state index contributed by atoms with van der Waals surface area (Å²) in [6.07, 6.45) is 0. The molecule has 9 heavy (non-hydrogen) atoms. The van der Waals surface area contributed by atoms with Crippen molar-refractivity contribution >= 4 is 17.3 Å². The van der Waals surface area contributed by atoms with Crippen molar-refractivity contribution in [3.05, 3.63) is 0 Å². The molecule has 0 saturated heterocycles. The van der Waals surface area contributed by atoms with E-state index in [4.69, 9.17) is 0 Å². The van der Waals surface area contributed by atoms with Crippen molar-refractivity contribution in [2.24, 2.45) is 5.10 Å². The Hall–Kier alpha value is -0.220. The average molecular weight is 147 g/mol. The van der Waals surface area contributed by atoms with Gasteiger partial charge in [-0.15, -0.1) is 0 Å². The summed E-state index contributed by atoms with van der Waals surface area (Å²) in [5, 5.41) is 6.94. The molecule has 0 spiro atoms. The number of hydrogen-bond acceptors (Lipinski definition) is 4. The van der Waals surface area contributed by atoms with E-state index >= 15 is 0 Å². The molecule has 0 bridgehead atoms. The van der Waals surface area contributed by atoms with Gasteiger partial charge in [0.05, 0.1) is 5.55 Å². The Labute approximate surface area is 60.3 Å². The SMILES string of the molecule is CCNCS/C=N\NC. The van der Waals surface area contributed by atoms with Crippen molar-refractivity contribution in [1.82, 2.24) is 10.7 Å². The normalized spacial score (nSPS) is 10.4. The van der Waals surface area contributed by atoms with Crippen LogP contribution in [0.25, 0.3) is 0 Å². The second-order valence-corrected chi connectivity index (χ2v) is 2.21. The second kappa shape index (κ2) is 7.78. The molecule has 4 heteroatoms. The maximum atomic E-state index is 3.79. The molecule has 0 aromatic rings. The Balaban J connectivity index is 2.82. The minimum absolute atomic E-state index is 0.932. The van der Waals surface area contributed by atoms with Gasteiger partial charge in [-0.05, 0) is 6.54 Å². The van der Waals surface area contributed by atoms with Crippen LogP contribution < -0.4 is 10.7 Å². The van der Waals surface area contributed by atoms with Crippen LogP contribution in [0.3, 0.4) is 0 Å². The maximum absolute atomic E-state index is 3.79. The maximum Gasteiger partial charge on any atom is 0.0809 e. The molecule has 0 atom stereocenters. The molecule has 0 unspecified atom stereocenters. The van der Waals surface area contributed by atoms with E-state index in [0.717, 1.165) is 12.4 Å². The van der Waals surface area contributed by atoms with Crippen LogP contribution in [0, 0.1) is 0 Å². The zero-order valence-corrected chi connectivity index (χ0v) is 6.66. The fraction of sp³-hybridized carbons (Fsp3) is 0.800. The van der Waals surface area contributed by atoms with Crippen molar-refractivity contribution in [3.63, 3.8) is 0 Å². The summed E-state index contributed by atoms with van der Waals surface area (Å²) >= 11 is 1.64. The molecule has 0 aromatic heterocycles. The van der Waals surface area contributed by atoms with Gasteiger partial charge in [-0.25, -0.2) is 0 Å². The lowest BCUT2D eigenvalue weighted by Gasteiger charge is -1.93. The van der Waals surface area contributed by atoms with Crippen LogP contribution in [0.5, 0.6) is 0 Å². The Morgan fingerprint density at radius 3 is 3.00 bits per heavy atom. The Kier molecular flexibility index (Phi) is 7.59. The second-order valence-electron chi connectivity index (χ2n) is 1.37. The monoisotopic (exact) mass is 147 g/mol. The molecule has 0 aliphatic rings. The number of rotatable bonds is 5. The fourth-order valence-electron chi connectivity index (χ4n) is 0.288. The van der Waals surface area contributed by atoms with Crippen molar-refractivity contribution in [2.75, 3.05) is 19.5 Å². The van der Waals surface area contributed by atoms with Gasteiger partial charge in [-0.3, -0.25) is 0 Å². The third-order valence-electron chi connectivity index (χ3n) is 0.692. The number of nitrogens with one attached hydrogen (secondary N) is 2. The van der Waals surface area contributed by atoms with Gasteiger partial charge in [-0.1, -0.05) is 18.7 Å². The quantitative estimate of drug-likeness (QED) is 0.195. The highest BCUT2D eigenvalue weighted by Gasteiger charge is 1.77. The van der Waals surface area contributed by atoms with Gasteiger partial charge in [0.25, 0.3) is 0 Å². The zero-order chi connectivity index (χ0) is 6.95. The number of thioether (sulfide) groups is 1. The molecule has 0 amide bonds. The number of hydrazone groups is 1. The van der Waals surface area contributed by atoms with E-state index in [-0.39, 0.29) is 0 Å². The largest absolute Gasteiger partial charge is 0.313 e. The third kappa shape index (κ3) is 7.78. The smallest absolute Gasteiger partial charge is 0.0809 e. The first-order valence-corrected chi connectivity index (χ1v) is 3.97. The lowest BCUT2D eigenvalue weighted by atomic mass is 10.8. The average Bonchev–Trinajstić information content (AvgIpc) is 1.89. The van der Waals surface area contributed by atoms with Gasteiger partial charge in [0.1, 0.15) is 0 Å². The molecular weight excluding hydrogens is 134 g/mol. The fourth-order valence-corrected chi connectivity index (χ4v) is 0.865. The van der Waals surface area contributed by atoms with Gasteiger partial charge < -0.3 is 10.7 Å².